The summed E-state index contributed by atoms with van der Waals surface area (Å²) in [7, 11) is 1.98. The van der Waals surface area contributed by atoms with Crippen molar-refractivity contribution >= 4 is 10.9 Å². The molecule has 3 aromatic rings. The molecule has 3 heteroatoms. The molecule has 0 radical (unpaired) electrons. The second-order valence-electron chi connectivity index (χ2n) is 5.04. The van der Waals surface area contributed by atoms with Crippen LogP contribution < -0.4 is 5.32 Å². The summed E-state index contributed by atoms with van der Waals surface area (Å²) in [6.07, 6.45) is 4.67. The Bertz CT molecular complexity index is 747. The maximum atomic E-state index is 4.62. The lowest BCUT2D eigenvalue weighted by atomic mass is 9.95. The van der Waals surface area contributed by atoms with Gasteiger partial charge in [0.05, 0.1) is 17.3 Å². The first-order chi connectivity index (χ1) is 10.3. The summed E-state index contributed by atoms with van der Waals surface area (Å²) in [4.78, 5) is 9.07. The van der Waals surface area contributed by atoms with Crippen LogP contribution in [0.1, 0.15) is 29.8 Å². The normalized spacial score (nSPS) is 12.5. The van der Waals surface area contributed by atoms with E-state index in [1.165, 1.54) is 16.5 Å². The molecule has 1 N–H and O–H groups in total. The van der Waals surface area contributed by atoms with Crippen LogP contribution in [0, 0.1) is 0 Å². The number of rotatable bonds is 4. The van der Waals surface area contributed by atoms with E-state index in [1.54, 1.807) is 0 Å². The van der Waals surface area contributed by atoms with Gasteiger partial charge in [0.2, 0.25) is 0 Å². The third-order valence-corrected chi connectivity index (χ3v) is 3.86. The van der Waals surface area contributed by atoms with Crippen LogP contribution in [-0.2, 0) is 6.42 Å². The van der Waals surface area contributed by atoms with E-state index in [9.17, 15) is 0 Å². The first-order valence-corrected chi connectivity index (χ1v) is 7.29. The number of aryl methyl sites for hydroxylation is 1. The minimum absolute atomic E-state index is 0.0778. The van der Waals surface area contributed by atoms with E-state index in [2.05, 4.69) is 46.5 Å². The zero-order valence-corrected chi connectivity index (χ0v) is 12.4. The van der Waals surface area contributed by atoms with Crippen LogP contribution in [0.5, 0.6) is 0 Å². The van der Waals surface area contributed by atoms with Crippen LogP contribution in [0.3, 0.4) is 0 Å². The van der Waals surface area contributed by atoms with E-state index in [-0.39, 0.29) is 6.04 Å². The Hall–Kier alpha value is -2.26. The van der Waals surface area contributed by atoms with Crippen LogP contribution in [0.25, 0.3) is 10.9 Å². The van der Waals surface area contributed by atoms with Gasteiger partial charge in [0.1, 0.15) is 0 Å². The molecule has 106 valence electrons. The summed E-state index contributed by atoms with van der Waals surface area (Å²) in [5, 5.41) is 4.58. The molecule has 0 aliphatic heterocycles. The molecule has 0 aliphatic rings. The van der Waals surface area contributed by atoms with E-state index in [0.29, 0.717) is 0 Å². The Morgan fingerprint density at radius 3 is 2.62 bits per heavy atom. The van der Waals surface area contributed by atoms with Crippen molar-refractivity contribution in [3.8, 4) is 0 Å². The van der Waals surface area contributed by atoms with Crippen molar-refractivity contribution in [1.82, 2.24) is 15.3 Å². The zero-order chi connectivity index (χ0) is 14.7. The number of hydrogen-bond donors (Lipinski definition) is 1. The average Bonchev–Trinajstić information content (AvgIpc) is 2.56. The van der Waals surface area contributed by atoms with Gasteiger partial charge in [-0.2, -0.15) is 0 Å². The third-order valence-electron chi connectivity index (χ3n) is 3.86. The number of fused-ring (bicyclic) bond motifs is 1. The van der Waals surface area contributed by atoms with Crippen molar-refractivity contribution in [3.05, 3.63) is 71.7 Å². The molecule has 2 aromatic heterocycles. The molecule has 0 aliphatic carbocycles. The van der Waals surface area contributed by atoms with Crippen LogP contribution in [0.4, 0.5) is 0 Å². The molecule has 3 nitrogen and oxygen atoms in total. The van der Waals surface area contributed by atoms with E-state index in [4.69, 9.17) is 0 Å². The van der Waals surface area contributed by atoms with E-state index < -0.39 is 0 Å². The highest BCUT2D eigenvalue weighted by atomic mass is 14.9. The molecule has 0 saturated carbocycles. The number of hydrogen-bond acceptors (Lipinski definition) is 3. The fraction of sp³-hybridized carbons (Fsp3) is 0.222. The molecular formula is C18H19N3. The average molecular weight is 277 g/mol. The van der Waals surface area contributed by atoms with Gasteiger partial charge in [-0.05, 0) is 42.8 Å². The Balaban J connectivity index is 2.19. The van der Waals surface area contributed by atoms with E-state index in [1.807, 2.05) is 37.6 Å². The summed E-state index contributed by atoms with van der Waals surface area (Å²) < 4.78 is 0. The Kier molecular flexibility index (Phi) is 3.93. The summed E-state index contributed by atoms with van der Waals surface area (Å²) >= 11 is 0. The van der Waals surface area contributed by atoms with Crippen LogP contribution in [-0.4, -0.2) is 17.0 Å². The molecule has 1 unspecified atom stereocenters. The van der Waals surface area contributed by atoms with Gasteiger partial charge in [0, 0.05) is 17.8 Å². The van der Waals surface area contributed by atoms with Gasteiger partial charge in [-0.15, -0.1) is 0 Å². The number of aromatic nitrogens is 2. The molecule has 21 heavy (non-hydrogen) atoms. The van der Waals surface area contributed by atoms with Crippen molar-refractivity contribution in [2.75, 3.05) is 7.05 Å². The van der Waals surface area contributed by atoms with Crippen molar-refractivity contribution in [2.24, 2.45) is 0 Å². The monoisotopic (exact) mass is 277 g/mol. The topological polar surface area (TPSA) is 37.8 Å². The first-order valence-electron chi connectivity index (χ1n) is 7.29. The first kappa shape index (κ1) is 13.7. The predicted molar refractivity (Wildman–Crippen MR) is 86.3 cm³/mol. The second-order valence-corrected chi connectivity index (χ2v) is 5.04. The maximum Gasteiger partial charge on any atom is 0.0758 e. The molecule has 1 atom stereocenters. The summed E-state index contributed by atoms with van der Waals surface area (Å²) in [5.74, 6) is 0. The zero-order valence-electron chi connectivity index (χ0n) is 12.4. The highest BCUT2D eigenvalue weighted by molar-refractivity contribution is 5.82. The van der Waals surface area contributed by atoms with E-state index >= 15 is 0 Å². The maximum absolute atomic E-state index is 4.62. The number of nitrogens with zero attached hydrogens (tertiary/aromatic N) is 2. The van der Waals surface area contributed by atoms with Gasteiger partial charge in [-0.25, -0.2) is 0 Å². The van der Waals surface area contributed by atoms with Crippen molar-refractivity contribution in [3.63, 3.8) is 0 Å². The Labute approximate surface area is 125 Å². The lowest BCUT2D eigenvalue weighted by molar-refractivity contribution is 0.666. The van der Waals surface area contributed by atoms with E-state index in [0.717, 1.165) is 17.6 Å². The van der Waals surface area contributed by atoms with Gasteiger partial charge < -0.3 is 5.32 Å². The summed E-state index contributed by atoms with van der Waals surface area (Å²) in [6.45, 7) is 2.16. The van der Waals surface area contributed by atoms with Crippen molar-refractivity contribution in [2.45, 2.75) is 19.4 Å². The summed E-state index contributed by atoms with van der Waals surface area (Å²) in [6, 6.07) is 14.6. The minimum atomic E-state index is 0.0778. The summed E-state index contributed by atoms with van der Waals surface area (Å²) in [5.41, 5.74) is 4.61. The van der Waals surface area contributed by atoms with Gasteiger partial charge in [0.15, 0.2) is 0 Å². The highest BCUT2D eigenvalue weighted by Gasteiger charge is 2.18. The van der Waals surface area contributed by atoms with Gasteiger partial charge in [0.25, 0.3) is 0 Å². The fourth-order valence-corrected chi connectivity index (χ4v) is 2.83. The van der Waals surface area contributed by atoms with Crippen LogP contribution in [0.15, 0.2) is 54.9 Å². The lowest BCUT2D eigenvalue weighted by Crippen LogP contribution is -2.20. The smallest absolute Gasteiger partial charge is 0.0758 e. The number of benzene rings is 1. The van der Waals surface area contributed by atoms with Crippen LogP contribution in [0.2, 0.25) is 0 Å². The lowest BCUT2D eigenvalue weighted by Gasteiger charge is -2.20. The van der Waals surface area contributed by atoms with Gasteiger partial charge >= 0.3 is 0 Å². The van der Waals surface area contributed by atoms with Crippen LogP contribution >= 0.6 is 0 Å². The van der Waals surface area contributed by atoms with Crippen molar-refractivity contribution < 1.29 is 0 Å². The standard InChI is InChI=1S/C18H19N3/c1-3-13-7-5-12-21-17(13)18(19-2)15-8-4-10-16-14(15)9-6-11-20-16/h4-12,18-19H,3H2,1-2H3. The fourth-order valence-electron chi connectivity index (χ4n) is 2.83. The highest BCUT2D eigenvalue weighted by Crippen LogP contribution is 2.28. The quantitative estimate of drug-likeness (QED) is 0.793. The molecule has 0 amide bonds. The SMILES string of the molecule is CCc1cccnc1C(NC)c1cccc2ncccc12. The molecule has 2 heterocycles. The Morgan fingerprint density at radius 2 is 1.81 bits per heavy atom. The van der Waals surface area contributed by atoms with Gasteiger partial charge in [-0.3, -0.25) is 9.97 Å². The molecule has 0 saturated heterocycles. The van der Waals surface area contributed by atoms with Gasteiger partial charge in [-0.1, -0.05) is 31.2 Å². The Morgan fingerprint density at radius 1 is 1.00 bits per heavy atom. The molecule has 0 spiro atoms. The largest absolute Gasteiger partial charge is 0.308 e. The predicted octanol–water partition coefficient (Wildman–Crippen LogP) is 3.50. The number of nitrogens with one attached hydrogen (secondary N) is 1. The molecule has 0 fully saturated rings. The molecule has 3 rings (SSSR count). The van der Waals surface area contributed by atoms with Crippen molar-refractivity contribution in [1.29, 1.82) is 0 Å². The third kappa shape index (κ3) is 2.52. The number of pyridine rings is 2. The molecule has 1 aromatic carbocycles. The molecule has 0 bridgehead atoms. The second kappa shape index (κ2) is 6.02. The molecular weight excluding hydrogens is 258 g/mol. The minimum Gasteiger partial charge on any atom is -0.308 e.